The highest BCUT2D eigenvalue weighted by molar-refractivity contribution is 7.36. The van der Waals surface area contributed by atoms with Crippen molar-refractivity contribution < 1.29 is 9.46 Å². The number of hydrogen-bond donors (Lipinski definition) is 1. The first kappa shape index (κ1) is 8.02. The fraction of sp³-hybridized carbons (Fsp3) is 1.00. The standard InChI is InChI=1S/C4H10NO2P/c1-4(2-5)3-8(6)7/h4H,2-3,5H2,1H3. The minimum atomic E-state index is -2.23. The first-order chi connectivity index (χ1) is 3.66. The van der Waals surface area contributed by atoms with Crippen LogP contribution >= 0.6 is 8.03 Å². The third-order valence-corrected chi connectivity index (χ3v) is 1.78. The Balaban J connectivity index is 3.24. The van der Waals surface area contributed by atoms with Gasteiger partial charge in [-0.05, 0) is 6.54 Å². The predicted molar refractivity (Wildman–Crippen MR) is 30.7 cm³/mol. The predicted octanol–water partition coefficient (Wildman–Crippen LogP) is -0.316. The molecular formula is C4H10NO2P. The zero-order chi connectivity index (χ0) is 6.57. The fourth-order valence-corrected chi connectivity index (χ4v) is 0.987. The summed E-state index contributed by atoms with van der Waals surface area (Å²) in [5.41, 5.74) is 5.15. The van der Waals surface area contributed by atoms with Gasteiger partial charge in [0.2, 0.25) is 0 Å². The maximum Gasteiger partial charge on any atom is 0.309 e. The molecule has 0 spiro atoms. The van der Waals surface area contributed by atoms with Crippen LogP contribution in [0.3, 0.4) is 0 Å². The molecule has 2 unspecified atom stereocenters. The molecule has 0 aliphatic rings. The van der Waals surface area contributed by atoms with Gasteiger partial charge < -0.3 is 10.6 Å². The summed E-state index contributed by atoms with van der Waals surface area (Å²) in [4.78, 5) is 9.95. The third-order valence-electron chi connectivity index (χ3n) is 0.863. The molecule has 0 aliphatic heterocycles. The van der Waals surface area contributed by atoms with Gasteiger partial charge in [0.1, 0.15) is 6.16 Å². The van der Waals surface area contributed by atoms with Crippen molar-refractivity contribution in [2.45, 2.75) is 6.92 Å². The first-order valence-electron chi connectivity index (χ1n) is 2.48. The second-order valence-electron chi connectivity index (χ2n) is 1.86. The molecule has 0 saturated heterocycles. The Bertz CT molecular complexity index is 86.1. The molecule has 3 nitrogen and oxygen atoms in total. The molecular weight excluding hydrogens is 125 g/mol. The third kappa shape index (κ3) is 4.19. The van der Waals surface area contributed by atoms with Crippen molar-refractivity contribution in [2.24, 2.45) is 11.7 Å². The van der Waals surface area contributed by atoms with Crippen molar-refractivity contribution >= 4 is 8.03 Å². The average Bonchev–Trinajstić information content (AvgIpc) is 1.65. The molecule has 0 aliphatic carbocycles. The van der Waals surface area contributed by atoms with Crippen LogP contribution in [0.1, 0.15) is 6.92 Å². The van der Waals surface area contributed by atoms with Crippen LogP contribution in [0.25, 0.3) is 0 Å². The van der Waals surface area contributed by atoms with Crippen molar-refractivity contribution in [3.05, 3.63) is 0 Å². The summed E-state index contributed by atoms with van der Waals surface area (Å²) in [5, 5.41) is 0. The van der Waals surface area contributed by atoms with Crippen molar-refractivity contribution in [2.75, 3.05) is 12.7 Å². The SMILES string of the molecule is CC(CN)C[P+](=O)[O-]. The molecule has 0 rings (SSSR count). The molecule has 0 radical (unpaired) electrons. The molecule has 8 heavy (non-hydrogen) atoms. The summed E-state index contributed by atoms with van der Waals surface area (Å²) in [6.07, 6.45) is 0.214. The maximum atomic E-state index is 9.95. The summed E-state index contributed by atoms with van der Waals surface area (Å²) in [6, 6.07) is 0. The molecule has 0 fully saturated rings. The van der Waals surface area contributed by atoms with Crippen molar-refractivity contribution in [3.63, 3.8) is 0 Å². The zero-order valence-electron chi connectivity index (χ0n) is 4.83. The Morgan fingerprint density at radius 3 is 2.50 bits per heavy atom. The quantitative estimate of drug-likeness (QED) is 0.539. The largest absolute Gasteiger partial charge is 0.596 e. The normalized spacial score (nSPS) is 15.6. The van der Waals surface area contributed by atoms with E-state index in [-0.39, 0.29) is 12.1 Å². The van der Waals surface area contributed by atoms with E-state index in [1.165, 1.54) is 0 Å². The van der Waals surface area contributed by atoms with E-state index in [9.17, 15) is 9.46 Å². The van der Waals surface area contributed by atoms with Crippen molar-refractivity contribution in [1.29, 1.82) is 0 Å². The van der Waals surface area contributed by atoms with Gasteiger partial charge in [0.15, 0.2) is 0 Å². The van der Waals surface area contributed by atoms with Gasteiger partial charge in [-0.25, -0.2) is 0 Å². The van der Waals surface area contributed by atoms with E-state index in [0.717, 1.165) is 0 Å². The molecule has 0 aromatic heterocycles. The smallest absolute Gasteiger partial charge is 0.309 e. The van der Waals surface area contributed by atoms with Crippen molar-refractivity contribution in [3.8, 4) is 0 Å². The van der Waals surface area contributed by atoms with Crippen LogP contribution in [-0.2, 0) is 4.57 Å². The monoisotopic (exact) mass is 135 g/mol. The molecule has 2 N–H and O–H groups in total. The average molecular weight is 135 g/mol. The zero-order valence-corrected chi connectivity index (χ0v) is 5.73. The minimum absolute atomic E-state index is 0.108. The highest BCUT2D eigenvalue weighted by Crippen LogP contribution is 2.11. The fourth-order valence-electron chi connectivity index (χ4n) is 0.329. The summed E-state index contributed by atoms with van der Waals surface area (Å²) in [6.45, 7) is 2.26. The van der Waals surface area contributed by atoms with Crippen LogP contribution < -0.4 is 10.6 Å². The summed E-state index contributed by atoms with van der Waals surface area (Å²) < 4.78 is 9.95. The lowest BCUT2D eigenvalue weighted by molar-refractivity contribution is -0.164. The van der Waals surface area contributed by atoms with E-state index < -0.39 is 8.03 Å². The van der Waals surface area contributed by atoms with Crippen LogP contribution in [-0.4, -0.2) is 12.7 Å². The highest BCUT2D eigenvalue weighted by Gasteiger charge is 2.06. The summed E-state index contributed by atoms with van der Waals surface area (Å²) >= 11 is 0. The number of hydrogen-bond acceptors (Lipinski definition) is 3. The Kier molecular flexibility index (Phi) is 3.97. The molecule has 0 aromatic rings. The number of nitrogens with two attached hydrogens (primary N) is 1. The molecule has 4 heteroatoms. The van der Waals surface area contributed by atoms with E-state index >= 15 is 0 Å². The van der Waals surface area contributed by atoms with Crippen LogP contribution in [0.15, 0.2) is 0 Å². The molecule has 0 aromatic carbocycles. The Labute approximate surface area is 49.8 Å². The van der Waals surface area contributed by atoms with Gasteiger partial charge in [-0.1, -0.05) is 11.5 Å². The van der Waals surface area contributed by atoms with Crippen molar-refractivity contribution in [1.82, 2.24) is 0 Å². The molecule has 0 bridgehead atoms. The second kappa shape index (κ2) is 3.96. The van der Waals surface area contributed by atoms with E-state index in [1.54, 1.807) is 0 Å². The summed E-state index contributed by atoms with van der Waals surface area (Å²) in [7, 11) is -2.23. The van der Waals surface area contributed by atoms with Gasteiger partial charge in [-0.3, -0.25) is 0 Å². The van der Waals surface area contributed by atoms with Gasteiger partial charge in [0.25, 0.3) is 0 Å². The molecule has 0 saturated carbocycles. The topological polar surface area (TPSA) is 66.2 Å². The van der Waals surface area contributed by atoms with Gasteiger partial charge in [-0.2, -0.15) is 0 Å². The molecule has 0 heterocycles. The minimum Gasteiger partial charge on any atom is -0.596 e. The van der Waals surface area contributed by atoms with Gasteiger partial charge in [0.05, 0.1) is 0 Å². The van der Waals surface area contributed by atoms with Gasteiger partial charge >= 0.3 is 8.03 Å². The molecule has 48 valence electrons. The van der Waals surface area contributed by atoms with E-state index in [0.29, 0.717) is 6.54 Å². The Morgan fingerprint density at radius 1 is 1.88 bits per heavy atom. The van der Waals surface area contributed by atoms with Crippen LogP contribution in [0.5, 0.6) is 0 Å². The second-order valence-corrected chi connectivity index (χ2v) is 2.89. The number of rotatable bonds is 3. The van der Waals surface area contributed by atoms with Crippen LogP contribution in [0.4, 0.5) is 0 Å². The van der Waals surface area contributed by atoms with Gasteiger partial charge in [-0.15, -0.1) is 0 Å². The molecule has 0 amide bonds. The van der Waals surface area contributed by atoms with E-state index in [4.69, 9.17) is 5.73 Å². The maximum absolute atomic E-state index is 9.95. The van der Waals surface area contributed by atoms with E-state index in [2.05, 4.69) is 0 Å². The Hall–Kier alpha value is 0.0200. The van der Waals surface area contributed by atoms with Crippen LogP contribution in [0.2, 0.25) is 0 Å². The van der Waals surface area contributed by atoms with Gasteiger partial charge in [0, 0.05) is 5.92 Å². The lowest BCUT2D eigenvalue weighted by Gasteiger charge is -1.98. The van der Waals surface area contributed by atoms with E-state index in [1.807, 2.05) is 6.92 Å². The summed E-state index contributed by atoms with van der Waals surface area (Å²) in [5.74, 6) is 0.108. The highest BCUT2D eigenvalue weighted by atomic mass is 31.1. The lowest BCUT2D eigenvalue weighted by atomic mass is 10.2. The van der Waals surface area contributed by atoms with Crippen LogP contribution in [0, 0.1) is 5.92 Å². The first-order valence-corrected chi connectivity index (χ1v) is 3.85. The Morgan fingerprint density at radius 2 is 2.38 bits per heavy atom. The molecule has 2 atom stereocenters. The lowest BCUT2D eigenvalue weighted by Crippen LogP contribution is -2.14.